The van der Waals surface area contributed by atoms with Gasteiger partial charge in [0.25, 0.3) is 11.8 Å². The third kappa shape index (κ3) is 2.74. The van der Waals surface area contributed by atoms with Crippen molar-refractivity contribution in [1.82, 2.24) is 5.01 Å². The number of fused-ring (bicyclic) bond motifs is 5. The van der Waals surface area contributed by atoms with E-state index >= 15 is 0 Å². The molecular weight excluding hydrogens is 352 g/mol. The maximum atomic E-state index is 12.7. The molecule has 1 saturated heterocycles. The van der Waals surface area contributed by atoms with Crippen molar-refractivity contribution < 1.29 is 14.3 Å². The third-order valence-electron chi connectivity index (χ3n) is 5.92. The van der Waals surface area contributed by atoms with Gasteiger partial charge in [0.2, 0.25) is 0 Å². The number of carbonyl (C=O) groups excluding carboxylic acids is 2. The summed E-state index contributed by atoms with van der Waals surface area (Å²) in [7, 11) is 0. The number of hydrogen-bond acceptors (Lipinski definition) is 4. The number of benzene rings is 2. The number of ether oxygens (including phenoxy) is 1. The third-order valence-corrected chi connectivity index (χ3v) is 5.92. The summed E-state index contributed by atoms with van der Waals surface area (Å²) in [4.78, 5) is 25.5. The maximum Gasteiger partial charge on any atom is 0.254 e. The Morgan fingerprint density at radius 2 is 1.57 bits per heavy atom. The van der Waals surface area contributed by atoms with Crippen LogP contribution >= 0.6 is 0 Å². The molecular formula is C23H20N2O3. The number of rotatable bonds is 5. The summed E-state index contributed by atoms with van der Waals surface area (Å²) in [6, 6.07) is 17.4. The number of hydrogen-bond donors (Lipinski definition) is 0. The summed E-state index contributed by atoms with van der Waals surface area (Å²) in [6.45, 7) is 0.437. The van der Waals surface area contributed by atoms with Crippen molar-refractivity contribution in [3.05, 3.63) is 77.9 Å². The minimum Gasteiger partial charge on any atom is -0.488 e. The first kappa shape index (κ1) is 16.9. The zero-order chi connectivity index (χ0) is 19.1. The largest absolute Gasteiger partial charge is 0.488 e. The van der Waals surface area contributed by atoms with Crippen molar-refractivity contribution in [3.63, 3.8) is 0 Å². The summed E-state index contributed by atoms with van der Waals surface area (Å²) < 4.78 is 5.92. The molecule has 1 saturated carbocycles. The zero-order valence-corrected chi connectivity index (χ0v) is 15.3. The normalized spacial score (nSPS) is 27.8. The molecule has 5 rings (SSSR count). The molecule has 0 radical (unpaired) electrons. The van der Waals surface area contributed by atoms with Crippen LogP contribution in [-0.4, -0.2) is 23.0 Å². The van der Waals surface area contributed by atoms with Crippen LogP contribution in [0.4, 0.5) is 0 Å². The predicted octanol–water partition coefficient (Wildman–Crippen LogP) is 3.41. The Labute approximate surface area is 163 Å². The van der Waals surface area contributed by atoms with Gasteiger partial charge in [-0.1, -0.05) is 54.6 Å². The predicted molar refractivity (Wildman–Crippen MR) is 104 cm³/mol. The molecule has 5 nitrogen and oxygen atoms in total. The Hall–Kier alpha value is -3.21. The first-order chi connectivity index (χ1) is 13.7. The lowest BCUT2D eigenvalue weighted by molar-refractivity contribution is -0.140. The van der Waals surface area contributed by atoms with Gasteiger partial charge in [-0.15, -0.1) is 0 Å². The van der Waals surface area contributed by atoms with Gasteiger partial charge in [-0.05, 0) is 36.0 Å². The minimum absolute atomic E-state index is 0.175. The number of allylic oxidation sites excluding steroid dienone is 2. The lowest BCUT2D eigenvalue weighted by atomic mass is 9.85. The highest BCUT2D eigenvalue weighted by molar-refractivity contribution is 6.06. The molecule has 0 spiro atoms. The fourth-order valence-corrected chi connectivity index (χ4v) is 4.57. The molecule has 0 unspecified atom stereocenters. The molecule has 3 aliphatic rings. The highest BCUT2D eigenvalue weighted by Crippen LogP contribution is 2.52. The molecule has 2 aromatic carbocycles. The highest BCUT2D eigenvalue weighted by Gasteiger charge is 2.59. The lowest BCUT2D eigenvalue weighted by Gasteiger charge is -2.13. The summed E-state index contributed by atoms with van der Waals surface area (Å²) in [5, 5.41) is 5.32. The van der Waals surface area contributed by atoms with Crippen molar-refractivity contribution in [1.29, 1.82) is 0 Å². The van der Waals surface area contributed by atoms with E-state index in [1.54, 1.807) is 6.21 Å². The summed E-state index contributed by atoms with van der Waals surface area (Å²) in [6.07, 6.45) is 6.63. The average molecular weight is 372 g/mol. The lowest BCUT2D eigenvalue weighted by Crippen LogP contribution is -2.28. The molecule has 140 valence electrons. The quantitative estimate of drug-likeness (QED) is 0.459. The second-order valence-corrected chi connectivity index (χ2v) is 7.54. The number of para-hydroxylation sites is 1. The smallest absolute Gasteiger partial charge is 0.254 e. The molecule has 1 heterocycles. The van der Waals surface area contributed by atoms with Crippen LogP contribution in [0, 0.1) is 23.7 Å². The van der Waals surface area contributed by atoms with Crippen molar-refractivity contribution in [2.24, 2.45) is 28.8 Å². The number of imide groups is 1. The van der Waals surface area contributed by atoms with Gasteiger partial charge in [-0.2, -0.15) is 10.1 Å². The van der Waals surface area contributed by atoms with Gasteiger partial charge in [0, 0.05) is 5.56 Å². The zero-order valence-electron chi connectivity index (χ0n) is 15.3. The van der Waals surface area contributed by atoms with E-state index in [1.165, 1.54) is 0 Å². The van der Waals surface area contributed by atoms with Crippen LogP contribution in [0.1, 0.15) is 17.5 Å². The van der Waals surface area contributed by atoms with E-state index in [-0.39, 0.29) is 35.5 Å². The molecule has 28 heavy (non-hydrogen) atoms. The minimum atomic E-state index is -0.232. The van der Waals surface area contributed by atoms with Crippen LogP contribution in [0.3, 0.4) is 0 Å². The second kappa shape index (κ2) is 6.75. The number of amides is 2. The Kier molecular flexibility index (Phi) is 4.08. The molecule has 0 aromatic heterocycles. The van der Waals surface area contributed by atoms with Crippen molar-refractivity contribution >= 4 is 18.0 Å². The molecule has 2 aromatic rings. The van der Waals surface area contributed by atoms with Gasteiger partial charge in [0.05, 0.1) is 18.1 Å². The Balaban J connectivity index is 1.33. The molecule has 0 N–H and O–H groups in total. The fraction of sp³-hybridized carbons (Fsp3) is 0.261. The first-order valence-corrected chi connectivity index (χ1v) is 9.58. The molecule has 4 atom stereocenters. The standard InChI is InChI=1S/C23H20N2O3/c26-22-20-16-10-11-17(12-16)21(20)23(27)25(22)24-13-18-8-4-5-9-19(18)28-14-15-6-2-1-3-7-15/h1-11,13,16-17,20-21H,12,14H2/b24-13-/t16-,17-,20-,21-/m0/s1. The van der Waals surface area contributed by atoms with E-state index in [9.17, 15) is 9.59 Å². The van der Waals surface area contributed by atoms with E-state index in [2.05, 4.69) is 17.3 Å². The van der Waals surface area contributed by atoms with E-state index < -0.39 is 0 Å². The van der Waals surface area contributed by atoms with Crippen LogP contribution in [0.25, 0.3) is 0 Å². The number of hydrazone groups is 1. The van der Waals surface area contributed by atoms with Gasteiger partial charge < -0.3 is 4.74 Å². The molecule has 2 aliphatic carbocycles. The van der Waals surface area contributed by atoms with Crippen LogP contribution in [-0.2, 0) is 16.2 Å². The maximum absolute atomic E-state index is 12.7. The Bertz CT molecular complexity index is 952. The van der Waals surface area contributed by atoms with Gasteiger partial charge in [0.1, 0.15) is 12.4 Å². The van der Waals surface area contributed by atoms with Gasteiger partial charge in [-0.3, -0.25) is 9.59 Å². The first-order valence-electron chi connectivity index (χ1n) is 9.58. The van der Waals surface area contributed by atoms with Crippen molar-refractivity contribution in [2.45, 2.75) is 13.0 Å². The van der Waals surface area contributed by atoms with Crippen LogP contribution in [0.5, 0.6) is 5.75 Å². The molecule has 2 fully saturated rings. The number of carbonyl (C=O) groups is 2. The van der Waals surface area contributed by atoms with E-state index in [0.717, 1.165) is 22.6 Å². The van der Waals surface area contributed by atoms with E-state index in [0.29, 0.717) is 12.4 Å². The topological polar surface area (TPSA) is 59.0 Å². The molecule has 2 bridgehead atoms. The highest BCUT2D eigenvalue weighted by atomic mass is 16.5. The van der Waals surface area contributed by atoms with Gasteiger partial charge >= 0.3 is 0 Å². The average Bonchev–Trinajstić information content (AvgIpc) is 3.41. The molecule has 5 heteroatoms. The molecule has 2 amide bonds. The van der Waals surface area contributed by atoms with Crippen LogP contribution in [0.15, 0.2) is 71.9 Å². The van der Waals surface area contributed by atoms with E-state index in [4.69, 9.17) is 4.74 Å². The van der Waals surface area contributed by atoms with Crippen molar-refractivity contribution in [2.75, 3.05) is 0 Å². The van der Waals surface area contributed by atoms with Gasteiger partial charge in [0.15, 0.2) is 0 Å². The SMILES string of the molecule is O=C1[C@@H]2[C@@H](C(=O)N1/N=C\c1ccccc1OCc1ccccc1)[C@H]1C=C[C@H]2C1. The van der Waals surface area contributed by atoms with Gasteiger partial charge in [-0.25, -0.2) is 0 Å². The summed E-state index contributed by atoms with van der Waals surface area (Å²) in [5.41, 5.74) is 1.80. The summed E-state index contributed by atoms with van der Waals surface area (Å²) in [5.74, 6) is 0.224. The molecule has 1 aliphatic heterocycles. The second-order valence-electron chi connectivity index (χ2n) is 7.54. The Morgan fingerprint density at radius 1 is 0.929 bits per heavy atom. The van der Waals surface area contributed by atoms with Crippen LogP contribution in [0.2, 0.25) is 0 Å². The number of nitrogens with zero attached hydrogens (tertiary/aromatic N) is 2. The van der Waals surface area contributed by atoms with Crippen LogP contribution < -0.4 is 4.74 Å². The Morgan fingerprint density at radius 3 is 2.29 bits per heavy atom. The fourth-order valence-electron chi connectivity index (χ4n) is 4.57. The van der Waals surface area contributed by atoms with E-state index in [1.807, 2.05) is 54.6 Å². The van der Waals surface area contributed by atoms with Crippen molar-refractivity contribution in [3.8, 4) is 5.75 Å². The monoisotopic (exact) mass is 372 g/mol. The summed E-state index contributed by atoms with van der Waals surface area (Å²) >= 11 is 0.